The summed E-state index contributed by atoms with van der Waals surface area (Å²) < 4.78 is 5.87. The lowest BCUT2D eigenvalue weighted by Gasteiger charge is -2.21. The number of hydrogen-bond donors (Lipinski definition) is 1. The molecule has 1 aromatic carbocycles. The van der Waals surface area contributed by atoms with Crippen LogP contribution in [0.25, 0.3) is 0 Å². The molecule has 0 saturated carbocycles. The minimum absolute atomic E-state index is 0.00750. The normalized spacial score (nSPS) is 10.1. The maximum atomic E-state index is 12.3. The van der Waals surface area contributed by atoms with Crippen LogP contribution in [-0.4, -0.2) is 42.7 Å². The van der Waals surface area contributed by atoms with Crippen LogP contribution in [0.2, 0.25) is 0 Å². The molecule has 1 N–H and O–H groups in total. The largest absolute Gasteiger partial charge is 0.507 e. The van der Waals surface area contributed by atoms with E-state index >= 15 is 0 Å². The molecule has 18 heavy (non-hydrogen) atoms. The van der Waals surface area contributed by atoms with Crippen molar-refractivity contribution in [1.29, 1.82) is 0 Å². The zero-order valence-corrected chi connectivity index (χ0v) is 12.4. The zero-order valence-electron chi connectivity index (χ0n) is 10.2. The van der Waals surface area contributed by atoms with E-state index in [2.05, 4.69) is 29.2 Å². The summed E-state index contributed by atoms with van der Waals surface area (Å²) in [5.74, 6) is -0.227. The topological polar surface area (TPSA) is 49.8 Å². The molecule has 98 valence electrons. The number of amides is 1. The predicted molar refractivity (Wildman–Crippen MR) is 78.8 cm³/mol. The molecule has 0 aliphatic carbocycles. The minimum atomic E-state index is -0.219. The Kier molecular flexibility index (Phi) is 6.14. The van der Waals surface area contributed by atoms with Gasteiger partial charge in [-0.05, 0) is 40.8 Å². The number of phenolic OH excluding ortho intramolecular Hbond substituents is 1. The molecule has 1 amide bonds. The summed E-state index contributed by atoms with van der Waals surface area (Å²) in [6.07, 6.45) is 1.65. The van der Waals surface area contributed by atoms with Crippen LogP contribution in [0.4, 0.5) is 0 Å². The number of aromatic hydroxyl groups is 1. The van der Waals surface area contributed by atoms with Crippen molar-refractivity contribution in [1.82, 2.24) is 4.90 Å². The summed E-state index contributed by atoms with van der Waals surface area (Å²) >= 11 is 2.10. The molecule has 0 unspecified atom stereocenters. The number of ether oxygens (including phenoxy) is 1. The molecular formula is C13H16INO3. The Morgan fingerprint density at radius 1 is 1.61 bits per heavy atom. The highest BCUT2D eigenvalue weighted by molar-refractivity contribution is 14.1. The highest BCUT2D eigenvalue weighted by Gasteiger charge is 2.18. The Labute approximate surface area is 120 Å². The zero-order chi connectivity index (χ0) is 13.5. The first kappa shape index (κ1) is 15.0. The Morgan fingerprint density at radius 2 is 2.33 bits per heavy atom. The second kappa shape index (κ2) is 7.38. The number of carbonyl (C=O) groups is 1. The van der Waals surface area contributed by atoms with Gasteiger partial charge < -0.3 is 14.7 Å². The molecule has 0 aliphatic rings. The van der Waals surface area contributed by atoms with Crippen molar-refractivity contribution < 1.29 is 14.6 Å². The van der Waals surface area contributed by atoms with Gasteiger partial charge in [-0.15, -0.1) is 6.58 Å². The third kappa shape index (κ3) is 3.99. The monoisotopic (exact) mass is 361 g/mol. The average Bonchev–Trinajstić information content (AvgIpc) is 2.36. The van der Waals surface area contributed by atoms with Gasteiger partial charge in [0.15, 0.2) is 0 Å². The van der Waals surface area contributed by atoms with Gasteiger partial charge in [-0.25, -0.2) is 0 Å². The van der Waals surface area contributed by atoms with E-state index in [-0.39, 0.29) is 11.7 Å². The van der Waals surface area contributed by atoms with Crippen LogP contribution in [-0.2, 0) is 4.74 Å². The maximum absolute atomic E-state index is 12.3. The Bertz CT molecular complexity index is 434. The van der Waals surface area contributed by atoms with Crippen LogP contribution in [0.5, 0.6) is 5.75 Å². The highest BCUT2D eigenvalue weighted by Crippen LogP contribution is 2.21. The van der Waals surface area contributed by atoms with Gasteiger partial charge in [-0.2, -0.15) is 0 Å². The van der Waals surface area contributed by atoms with Crippen LogP contribution >= 0.6 is 22.6 Å². The lowest BCUT2D eigenvalue weighted by molar-refractivity contribution is 0.0715. The summed E-state index contributed by atoms with van der Waals surface area (Å²) in [5.41, 5.74) is 0.305. The molecule has 5 heteroatoms. The first-order valence-electron chi connectivity index (χ1n) is 5.47. The van der Waals surface area contributed by atoms with Crippen molar-refractivity contribution in [2.24, 2.45) is 0 Å². The Hall–Kier alpha value is -1.08. The van der Waals surface area contributed by atoms with Gasteiger partial charge in [0.05, 0.1) is 12.2 Å². The number of halogens is 1. The summed E-state index contributed by atoms with van der Waals surface area (Å²) in [7, 11) is 1.58. The molecule has 0 radical (unpaired) electrons. The van der Waals surface area contributed by atoms with E-state index < -0.39 is 0 Å². The second-order valence-electron chi connectivity index (χ2n) is 3.69. The number of benzene rings is 1. The number of methoxy groups -OCH3 is 1. The standard InChI is InChI=1S/C13H16INO3/c1-3-6-15(7-8-18-2)13(17)11-9-10(14)4-5-12(11)16/h3-5,9,16H,1,6-8H2,2H3. The van der Waals surface area contributed by atoms with Crippen LogP contribution in [0.1, 0.15) is 10.4 Å². The highest BCUT2D eigenvalue weighted by atomic mass is 127. The molecule has 0 heterocycles. The van der Waals surface area contributed by atoms with Crippen LogP contribution in [0.3, 0.4) is 0 Å². The lowest BCUT2D eigenvalue weighted by atomic mass is 10.1. The third-order valence-electron chi connectivity index (χ3n) is 2.39. The summed E-state index contributed by atoms with van der Waals surface area (Å²) in [6.45, 7) is 4.96. The van der Waals surface area contributed by atoms with Crippen molar-refractivity contribution in [3.05, 3.63) is 40.0 Å². The molecule has 0 aliphatic heterocycles. The van der Waals surface area contributed by atoms with Gasteiger partial charge in [0.2, 0.25) is 0 Å². The number of nitrogens with zero attached hydrogens (tertiary/aromatic N) is 1. The quantitative estimate of drug-likeness (QED) is 0.625. The molecule has 0 atom stereocenters. The van der Waals surface area contributed by atoms with Crippen LogP contribution in [0, 0.1) is 3.57 Å². The van der Waals surface area contributed by atoms with E-state index in [0.29, 0.717) is 25.3 Å². The fraction of sp³-hybridized carbons (Fsp3) is 0.308. The number of rotatable bonds is 6. The van der Waals surface area contributed by atoms with Gasteiger partial charge in [0, 0.05) is 23.8 Å². The van der Waals surface area contributed by atoms with E-state index in [4.69, 9.17) is 4.74 Å². The number of carbonyl (C=O) groups excluding carboxylic acids is 1. The van der Waals surface area contributed by atoms with E-state index in [1.165, 1.54) is 6.07 Å². The van der Waals surface area contributed by atoms with E-state index in [1.54, 1.807) is 30.2 Å². The van der Waals surface area contributed by atoms with E-state index in [0.717, 1.165) is 3.57 Å². The summed E-state index contributed by atoms with van der Waals surface area (Å²) in [4.78, 5) is 13.9. The van der Waals surface area contributed by atoms with Gasteiger partial charge >= 0.3 is 0 Å². The first-order valence-corrected chi connectivity index (χ1v) is 6.55. The van der Waals surface area contributed by atoms with Crippen molar-refractivity contribution >= 4 is 28.5 Å². The molecule has 1 rings (SSSR count). The second-order valence-corrected chi connectivity index (χ2v) is 4.94. The van der Waals surface area contributed by atoms with E-state index in [1.807, 2.05) is 0 Å². The Balaban J connectivity index is 2.93. The molecule has 0 aromatic heterocycles. The number of hydrogen-bond acceptors (Lipinski definition) is 3. The maximum Gasteiger partial charge on any atom is 0.258 e. The minimum Gasteiger partial charge on any atom is -0.507 e. The average molecular weight is 361 g/mol. The van der Waals surface area contributed by atoms with Gasteiger partial charge in [-0.3, -0.25) is 4.79 Å². The molecule has 4 nitrogen and oxygen atoms in total. The molecule has 0 bridgehead atoms. The van der Waals surface area contributed by atoms with Crippen molar-refractivity contribution in [2.75, 3.05) is 26.8 Å². The predicted octanol–water partition coefficient (Wildman–Crippen LogP) is 2.27. The van der Waals surface area contributed by atoms with E-state index in [9.17, 15) is 9.90 Å². The van der Waals surface area contributed by atoms with Crippen molar-refractivity contribution in [3.8, 4) is 5.75 Å². The van der Waals surface area contributed by atoms with Gasteiger partial charge in [0.25, 0.3) is 5.91 Å². The molecule has 0 spiro atoms. The summed E-state index contributed by atoms with van der Waals surface area (Å²) in [5, 5.41) is 9.74. The molecule has 0 fully saturated rings. The van der Waals surface area contributed by atoms with Crippen molar-refractivity contribution in [2.45, 2.75) is 0 Å². The first-order chi connectivity index (χ1) is 8.60. The van der Waals surface area contributed by atoms with Crippen molar-refractivity contribution in [3.63, 3.8) is 0 Å². The fourth-order valence-electron chi connectivity index (χ4n) is 1.48. The van der Waals surface area contributed by atoms with Crippen LogP contribution in [0.15, 0.2) is 30.9 Å². The molecule has 0 saturated heterocycles. The number of phenols is 1. The molecule has 1 aromatic rings. The fourth-order valence-corrected chi connectivity index (χ4v) is 1.97. The van der Waals surface area contributed by atoms with Crippen LogP contribution < -0.4 is 0 Å². The lowest BCUT2D eigenvalue weighted by Crippen LogP contribution is -2.34. The molecular weight excluding hydrogens is 345 g/mol. The Morgan fingerprint density at radius 3 is 2.94 bits per heavy atom. The summed E-state index contributed by atoms with van der Waals surface area (Å²) in [6, 6.07) is 4.94. The third-order valence-corrected chi connectivity index (χ3v) is 3.06. The SMILES string of the molecule is C=CCN(CCOC)C(=O)c1cc(I)ccc1O. The van der Waals surface area contributed by atoms with Gasteiger partial charge in [0.1, 0.15) is 5.75 Å². The smallest absolute Gasteiger partial charge is 0.258 e. The van der Waals surface area contributed by atoms with Gasteiger partial charge in [-0.1, -0.05) is 6.08 Å².